The van der Waals surface area contributed by atoms with Gasteiger partial charge in [0.1, 0.15) is 5.69 Å². The molecule has 0 aliphatic heterocycles. The Balaban J connectivity index is 1.95. The lowest BCUT2D eigenvalue weighted by Gasteiger charge is -2.08. The molecule has 9 heteroatoms. The summed E-state index contributed by atoms with van der Waals surface area (Å²) in [6.45, 7) is 0.563. The highest BCUT2D eigenvalue weighted by Crippen LogP contribution is 2.27. The van der Waals surface area contributed by atoms with Crippen LogP contribution in [-0.4, -0.2) is 31.9 Å². The highest BCUT2D eigenvalue weighted by atomic mass is 32.2. The Morgan fingerprint density at radius 1 is 1.35 bits per heavy atom. The molecule has 0 amide bonds. The van der Waals surface area contributed by atoms with E-state index in [9.17, 15) is 18.5 Å². The minimum atomic E-state index is -3.47. The maximum atomic E-state index is 11.5. The van der Waals surface area contributed by atoms with Gasteiger partial charge in [-0.25, -0.2) is 8.42 Å². The Morgan fingerprint density at radius 2 is 2.13 bits per heavy atom. The Hall–Kier alpha value is -1.58. The van der Waals surface area contributed by atoms with Gasteiger partial charge in [-0.2, -0.15) is 23.1 Å². The lowest BCUT2D eigenvalue weighted by Crippen LogP contribution is -2.07. The summed E-state index contributed by atoms with van der Waals surface area (Å²) in [5.41, 5.74) is 1.37. The summed E-state index contributed by atoms with van der Waals surface area (Å²) in [7, 11) is -3.47. The van der Waals surface area contributed by atoms with Crippen molar-refractivity contribution in [1.82, 2.24) is 0 Å². The van der Waals surface area contributed by atoms with Crippen LogP contribution in [0.15, 0.2) is 39.9 Å². The lowest BCUT2D eigenvalue weighted by atomic mass is 10.2. The van der Waals surface area contributed by atoms with Gasteiger partial charge in [0.05, 0.1) is 9.82 Å². The largest absolute Gasteiger partial charge is 0.379 e. The molecule has 0 aliphatic carbocycles. The number of thiophene rings is 1. The number of sulfone groups is 1. The summed E-state index contributed by atoms with van der Waals surface area (Å²) < 4.78 is 23.0. The van der Waals surface area contributed by atoms with Crippen molar-refractivity contribution in [2.24, 2.45) is 0 Å². The summed E-state index contributed by atoms with van der Waals surface area (Å²) >= 11 is 3.39. The van der Waals surface area contributed by atoms with Gasteiger partial charge >= 0.3 is 0 Å². The quantitative estimate of drug-likeness (QED) is 0.434. The molecule has 0 aliphatic rings. The van der Waals surface area contributed by atoms with E-state index in [1.807, 2.05) is 5.38 Å². The molecule has 0 saturated carbocycles. The first-order valence-corrected chi connectivity index (χ1v) is 10.7. The Bertz CT molecular complexity index is 773. The molecule has 0 radical (unpaired) electrons. The Kier molecular flexibility index (Phi) is 6.03. The van der Waals surface area contributed by atoms with Crippen LogP contribution in [0.1, 0.15) is 5.56 Å². The molecule has 2 aromatic rings. The number of hydrogen-bond donors (Lipinski definition) is 1. The Morgan fingerprint density at radius 3 is 2.74 bits per heavy atom. The summed E-state index contributed by atoms with van der Waals surface area (Å²) in [6.07, 6.45) is 1.03. The van der Waals surface area contributed by atoms with E-state index in [-0.39, 0.29) is 10.6 Å². The third kappa shape index (κ3) is 5.22. The van der Waals surface area contributed by atoms with Gasteiger partial charge in [-0.1, -0.05) is 0 Å². The van der Waals surface area contributed by atoms with Crippen LogP contribution in [0.3, 0.4) is 0 Å². The van der Waals surface area contributed by atoms with E-state index in [4.69, 9.17) is 0 Å². The van der Waals surface area contributed by atoms with Crippen LogP contribution in [0, 0.1) is 10.1 Å². The van der Waals surface area contributed by atoms with Crippen molar-refractivity contribution in [2.75, 3.05) is 23.9 Å². The van der Waals surface area contributed by atoms with Crippen molar-refractivity contribution in [3.05, 3.63) is 50.7 Å². The van der Waals surface area contributed by atoms with Crippen molar-refractivity contribution >= 4 is 44.3 Å². The van der Waals surface area contributed by atoms with Gasteiger partial charge in [-0.15, -0.1) is 0 Å². The molecule has 0 atom stereocenters. The molecular weight excluding hydrogens is 356 g/mol. The van der Waals surface area contributed by atoms with Crippen LogP contribution in [-0.2, 0) is 15.6 Å². The maximum Gasteiger partial charge on any atom is 0.293 e. The maximum absolute atomic E-state index is 11.5. The zero-order valence-electron chi connectivity index (χ0n) is 12.4. The highest BCUT2D eigenvalue weighted by Gasteiger charge is 2.18. The average Bonchev–Trinajstić information content (AvgIpc) is 2.99. The minimum absolute atomic E-state index is 0.0541. The average molecular weight is 372 g/mol. The summed E-state index contributed by atoms with van der Waals surface area (Å²) in [6, 6.07) is 5.98. The molecule has 1 N–H and O–H groups in total. The van der Waals surface area contributed by atoms with Crippen LogP contribution in [0.25, 0.3) is 0 Å². The smallest absolute Gasteiger partial charge is 0.293 e. The van der Waals surface area contributed by atoms with Crippen molar-refractivity contribution in [3.8, 4) is 0 Å². The predicted octanol–water partition coefficient (Wildman–Crippen LogP) is 3.41. The number of nitrogens with zero attached hydrogens (tertiary/aromatic N) is 1. The summed E-state index contributed by atoms with van der Waals surface area (Å²) in [5.74, 6) is 1.70. The van der Waals surface area contributed by atoms with Crippen LogP contribution in [0.5, 0.6) is 0 Å². The number of nitro benzene ring substituents is 1. The van der Waals surface area contributed by atoms with Crippen LogP contribution >= 0.6 is 23.1 Å². The second-order valence-corrected chi connectivity index (χ2v) is 8.72. The molecule has 1 heterocycles. The molecular formula is C14H16N2O4S3. The van der Waals surface area contributed by atoms with E-state index < -0.39 is 14.8 Å². The zero-order valence-corrected chi connectivity index (χ0v) is 14.8. The van der Waals surface area contributed by atoms with Crippen LogP contribution < -0.4 is 5.32 Å². The third-order valence-electron chi connectivity index (χ3n) is 3.00. The predicted molar refractivity (Wildman–Crippen MR) is 95.2 cm³/mol. The second kappa shape index (κ2) is 7.80. The molecule has 0 spiro atoms. The number of nitro groups is 1. The van der Waals surface area contributed by atoms with Gasteiger partial charge in [0, 0.05) is 30.4 Å². The fourth-order valence-electron chi connectivity index (χ4n) is 1.87. The molecule has 0 unspecified atom stereocenters. The molecule has 6 nitrogen and oxygen atoms in total. The molecule has 1 aromatic heterocycles. The number of hydrogen-bond acceptors (Lipinski definition) is 7. The van der Waals surface area contributed by atoms with Gasteiger partial charge in [-0.3, -0.25) is 10.1 Å². The number of rotatable bonds is 8. The first-order chi connectivity index (χ1) is 10.9. The molecule has 124 valence electrons. The van der Waals surface area contributed by atoms with E-state index in [0.717, 1.165) is 23.8 Å². The normalized spacial score (nSPS) is 11.3. The number of anilines is 1. The number of thioether (sulfide) groups is 1. The zero-order chi connectivity index (χ0) is 16.9. The van der Waals surface area contributed by atoms with E-state index in [0.29, 0.717) is 12.2 Å². The van der Waals surface area contributed by atoms with Crippen LogP contribution in [0.2, 0.25) is 0 Å². The molecule has 0 fully saturated rings. The lowest BCUT2D eigenvalue weighted by molar-refractivity contribution is -0.384. The van der Waals surface area contributed by atoms with E-state index in [1.165, 1.54) is 17.7 Å². The molecule has 0 saturated heterocycles. The van der Waals surface area contributed by atoms with Gasteiger partial charge in [0.2, 0.25) is 0 Å². The third-order valence-corrected chi connectivity index (χ3v) is 5.88. The van der Waals surface area contributed by atoms with Crippen LogP contribution in [0.4, 0.5) is 11.4 Å². The van der Waals surface area contributed by atoms with Gasteiger partial charge < -0.3 is 5.32 Å². The standard InChI is InChI=1S/C14H16N2O4S3/c1-23(19,20)12-2-3-13(14(8-12)16(17)18)15-5-7-22-10-11-4-6-21-9-11/h2-4,6,8-9,15H,5,7,10H2,1H3. The SMILES string of the molecule is CS(=O)(=O)c1ccc(NCCSCc2ccsc2)c([N+](=O)[O-])c1. The van der Waals surface area contributed by atoms with Crippen molar-refractivity contribution in [1.29, 1.82) is 0 Å². The van der Waals surface area contributed by atoms with Gasteiger partial charge in [0.15, 0.2) is 9.84 Å². The number of nitrogens with one attached hydrogen (secondary N) is 1. The molecule has 2 rings (SSSR count). The fraction of sp³-hybridized carbons (Fsp3) is 0.286. The summed E-state index contributed by atoms with van der Waals surface area (Å²) in [4.78, 5) is 10.5. The first-order valence-electron chi connectivity index (χ1n) is 6.69. The van der Waals surface area contributed by atoms with E-state index >= 15 is 0 Å². The molecule has 1 aromatic carbocycles. The van der Waals surface area contributed by atoms with E-state index in [1.54, 1.807) is 23.1 Å². The van der Waals surface area contributed by atoms with Gasteiger partial charge in [0.25, 0.3) is 5.69 Å². The topological polar surface area (TPSA) is 89.3 Å². The highest BCUT2D eigenvalue weighted by molar-refractivity contribution is 7.98. The minimum Gasteiger partial charge on any atom is -0.379 e. The van der Waals surface area contributed by atoms with Crippen molar-refractivity contribution < 1.29 is 13.3 Å². The monoisotopic (exact) mass is 372 g/mol. The number of benzene rings is 1. The first kappa shape index (κ1) is 17.8. The molecule has 23 heavy (non-hydrogen) atoms. The van der Waals surface area contributed by atoms with Crippen molar-refractivity contribution in [3.63, 3.8) is 0 Å². The fourth-order valence-corrected chi connectivity index (χ4v) is 4.09. The molecule has 0 bridgehead atoms. The van der Waals surface area contributed by atoms with E-state index in [2.05, 4.69) is 16.8 Å². The van der Waals surface area contributed by atoms with Crippen molar-refractivity contribution in [2.45, 2.75) is 10.6 Å². The Labute approximate surface area is 143 Å². The summed E-state index contributed by atoms with van der Waals surface area (Å²) in [5, 5.41) is 18.2. The second-order valence-electron chi connectivity index (χ2n) is 4.82. The van der Waals surface area contributed by atoms with Gasteiger partial charge in [-0.05, 0) is 34.5 Å².